The highest BCUT2D eigenvalue weighted by atomic mass is 16.8. The molecule has 22 nitrogen and oxygen atoms in total. The molecule has 80 heavy (non-hydrogen) atoms. The van der Waals surface area contributed by atoms with Gasteiger partial charge in [-0.2, -0.15) is 0 Å². The summed E-state index contributed by atoms with van der Waals surface area (Å²) in [5.41, 5.74) is -2.62. The third-order valence-electron chi connectivity index (χ3n) is 21.5. The highest BCUT2D eigenvalue weighted by Crippen LogP contribution is 2.76. The summed E-state index contributed by atoms with van der Waals surface area (Å²) in [6.07, 6.45) is -19.2. The number of carbonyl (C=O) groups excluding carboxylic acids is 2. The number of carboxylic acids is 1. The summed E-state index contributed by atoms with van der Waals surface area (Å²) in [5.74, 6) is -3.35. The van der Waals surface area contributed by atoms with E-state index in [1.165, 1.54) is 0 Å². The van der Waals surface area contributed by atoms with Crippen molar-refractivity contribution in [1.29, 1.82) is 0 Å². The molecule has 454 valence electrons. The average molecular weight is 1140 g/mol. The Morgan fingerprint density at radius 3 is 1.75 bits per heavy atom. The maximum absolute atomic E-state index is 13.8. The first-order chi connectivity index (χ1) is 37.4. The monoisotopic (exact) mass is 1140 g/mol. The fraction of sp³-hybridized carbons (Fsp3) is 0.845. The summed E-state index contributed by atoms with van der Waals surface area (Å²) in [5, 5.41) is 121. The van der Waals surface area contributed by atoms with Crippen LogP contribution in [0, 0.1) is 50.2 Å². The number of aliphatic hydroxyl groups is 10. The Labute approximate surface area is 468 Å². The molecule has 0 aromatic heterocycles. The predicted molar refractivity (Wildman–Crippen MR) is 280 cm³/mol. The number of carbonyl (C=O) groups is 3. The fourth-order valence-corrected chi connectivity index (χ4v) is 16.3. The standard InChI is InChI=1S/C58H90O22/c1-12-26(3)48(71)79-45-46(80-49(72)27(4)13-2)58(25-61)29(21-53(45,5)6)28-14-15-35-55(9)18-17-37(54(7,8)34(55)16-19-56(35,10)57(28,11)22-36(58)62)77-50-31(74-52-43(68)41(66)38(63)32(23-59)75-52)20-30(40(65)44(78-50)47(69)70)73-51-42(67)39(64)33(24-60)76-51/h12-14,29-46,50-52,59-68H,15-25H2,1-11H3,(H,69,70)/b26-12-,27-13-/t29?,30?,31?,32?,33-,34?,35?,36+,37-,38-,39?,40-,41?,42?,43?,44?,45-,46-,50+,51+,52+,55-,56+,57+,58?/m0/s1. The molecule has 0 aromatic carbocycles. The van der Waals surface area contributed by atoms with Crippen molar-refractivity contribution in [2.45, 2.75) is 238 Å². The maximum atomic E-state index is 13.8. The molecule has 8 aliphatic rings. The summed E-state index contributed by atoms with van der Waals surface area (Å²) < 4.78 is 49.4. The molecule has 3 heterocycles. The highest BCUT2D eigenvalue weighted by molar-refractivity contribution is 5.89. The molecule has 7 fully saturated rings. The van der Waals surface area contributed by atoms with E-state index >= 15 is 0 Å². The largest absolute Gasteiger partial charge is 0.479 e. The van der Waals surface area contributed by atoms with E-state index < -0.39 is 188 Å². The molecule has 0 amide bonds. The van der Waals surface area contributed by atoms with E-state index in [2.05, 4.69) is 40.7 Å². The van der Waals surface area contributed by atoms with Gasteiger partial charge in [-0.05, 0) is 112 Å². The van der Waals surface area contributed by atoms with Crippen LogP contribution in [0.5, 0.6) is 0 Å². The van der Waals surface area contributed by atoms with Crippen LogP contribution in [0.15, 0.2) is 34.9 Å². The maximum Gasteiger partial charge on any atom is 0.335 e. The molecule has 3 aliphatic heterocycles. The topological polar surface area (TPSA) is 348 Å². The van der Waals surface area contributed by atoms with E-state index in [-0.39, 0.29) is 23.7 Å². The summed E-state index contributed by atoms with van der Waals surface area (Å²) in [4.78, 5) is 40.5. The summed E-state index contributed by atoms with van der Waals surface area (Å²) in [6, 6.07) is 0. The molecule has 22 heteroatoms. The van der Waals surface area contributed by atoms with Gasteiger partial charge in [-0.3, -0.25) is 0 Å². The number of ether oxygens (including phenoxy) is 8. The predicted octanol–water partition coefficient (Wildman–Crippen LogP) is 1.68. The fourth-order valence-electron chi connectivity index (χ4n) is 16.3. The van der Waals surface area contributed by atoms with E-state index in [1.807, 2.05) is 13.8 Å². The van der Waals surface area contributed by atoms with Crippen molar-refractivity contribution in [3.8, 4) is 0 Å². The number of esters is 2. The Morgan fingerprint density at radius 1 is 0.650 bits per heavy atom. The molecule has 25 atom stereocenters. The Morgan fingerprint density at radius 2 is 1.20 bits per heavy atom. The molecule has 4 saturated carbocycles. The van der Waals surface area contributed by atoms with E-state index in [0.717, 1.165) is 5.57 Å². The van der Waals surface area contributed by atoms with Crippen molar-refractivity contribution in [3.05, 3.63) is 34.9 Å². The van der Waals surface area contributed by atoms with Crippen LogP contribution in [0.3, 0.4) is 0 Å². The minimum Gasteiger partial charge on any atom is -0.479 e. The van der Waals surface area contributed by atoms with Crippen LogP contribution < -0.4 is 0 Å². The molecular formula is C58H90O22. The van der Waals surface area contributed by atoms with Gasteiger partial charge in [0.15, 0.2) is 31.1 Å². The van der Waals surface area contributed by atoms with E-state index in [9.17, 15) is 70.6 Å². The second-order valence-electron chi connectivity index (χ2n) is 26.4. The van der Waals surface area contributed by atoms with Gasteiger partial charge in [-0.25, -0.2) is 14.4 Å². The van der Waals surface area contributed by atoms with Crippen LogP contribution in [0.2, 0.25) is 0 Å². The Balaban J connectivity index is 1.12. The van der Waals surface area contributed by atoms with Crippen molar-refractivity contribution >= 4 is 17.9 Å². The molecule has 12 unspecified atom stereocenters. The molecule has 3 saturated heterocycles. The lowest BCUT2D eigenvalue weighted by atomic mass is 9.33. The molecule has 0 spiro atoms. The van der Waals surface area contributed by atoms with Crippen molar-refractivity contribution in [3.63, 3.8) is 0 Å². The third-order valence-corrected chi connectivity index (χ3v) is 21.5. The molecule has 0 aromatic rings. The number of hydrogen-bond donors (Lipinski definition) is 11. The molecule has 11 N–H and O–H groups in total. The number of rotatable bonds is 14. The lowest BCUT2D eigenvalue weighted by Crippen LogP contribution is -2.72. The zero-order valence-corrected chi connectivity index (χ0v) is 48.0. The average Bonchev–Trinajstić information content (AvgIpc) is 2.13. The Kier molecular flexibility index (Phi) is 18.2. The molecule has 8 rings (SSSR count). The number of hydrogen-bond acceptors (Lipinski definition) is 21. The summed E-state index contributed by atoms with van der Waals surface area (Å²) in [6.45, 7) is 19.6. The van der Waals surface area contributed by atoms with Gasteiger partial charge in [-0.15, -0.1) is 0 Å². The third kappa shape index (κ3) is 10.3. The Hall–Kier alpha value is -3.01. The number of aliphatic carboxylic acids is 1. The molecule has 0 radical (unpaired) electrons. The first-order valence-electron chi connectivity index (χ1n) is 28.5. The number of carboxylic acid groups (broad SMARTS) is 1. The normalized spacial score (nSPS) is 48.3. The van der Waals surface area contributed by atoms with E-state index in [1.54, 1.807) is 39.8 Å². The lowest BCUT2D eigenvalue weighted by Gasteiger charge is -2.72. The number of fused-ring (bicyclic) bond motifs is 7. The van der Waals surface area contributed by atoms with Crippen molar-refractivity contribution in [1.82, 2.24) is 0 Å². The second kappa shape index (κ2) is 23.1. The van der Waals surface area contributed by atoms with E-state index in [0.29, 0.717) is 49.7 Å². The summed E-state index contributed by atoms with van der Waals surface area (Å²) in [7, 11) is 0. The Bertz CT molecular complexity index is 2370. The van der Waals surface area contributed by atoms with Gasteiger partial charge in [0.2, 0.25) is 0 Å². The smallest absolute Gasteiger partial charge is 0.335 e. The SMILES string of the molecule is C/C=C(/C)C(=O)O[C@H]1[C@H](OC(=O)/C(C)=C\C)C2(CO)C(CC1(C)C)C1=CCC3[C@@]4(C)CC[C@H](O[C@@H]5OC(C(=O)O)[C@@H](O)C(O[C@@H]6O[C@@H](CO)C(O)C6O)CC5O[C@@H]5OC(CO)[C@H](O)C(O)C5O)C(C)(C)C4CC[C@@]3(C)[C@]1(C)C[C@H]2O. The van der Waals surface area contributed by atoms with Crippen LogP contribution in [-0.2, 0) is 52.3 Å². The van der Waals surface area contributed by atoms with Crippen molar-refractivity contribution in [2.75, 3.05) is 19.8 Å². The summed E-state index contributed by atoms with van der Waals surface area (Å²) >= 11 is 0. The molecule has 5 aliphatic carbocycles. The number of allylic oxidation sites excluding steroid dienone is 4. The lowest BCUT2D eigenvalue weighted by molar-refractivity contribution is -0.343. The van der Waals surface area contributed by atoms with Gasteiger partial charge in [0, 0.05) is 23.0 Å². The van der Waals surface area contributed by atoms with Crippen LogP contribution in [0.4, 0.5) is 0 Å². The minimum absolute atomic E-state index is 0.0366. The van der Waals surface area contributed by atoms with E-state index in [4.69, 9.17) is 37.9 Å². The number of aliphatic hydroxyl groups excluding tert-OH is 10. The molecule has 0 bridgehead atoms. The van der Waals surface area contributed by atoms with Gasteiger partial charge in [-0.1, -0.05) is 72.3 Å². The zero-order chi connectivity index (χ0) is 59.1. The van der Waals surface area contributed by atoms with Crippen LogP contribution >= 0.6 is 0 Å². The van der Waals surface area contributed by atoms with Crippen LogP contribution in [0.25, 0.3) is 0 Å². The van der Waals surface area contributed by atoms with Crippen LogP contribution in [0.1, 0.15) is 128 Å². The van der Waals surface area contributed by atoms with Crippen molar-refractivity contribution < 1.29 is 108 Å². The van der Waals surface area contributed by atoms with Gasteiger partial charge in [0.05, 0.1) is 43.5 Å². The van der Waals surface area contributed by atoms with Gasteiger partial charge >= 0.3 is 17.9 Å². The van der Waals surface area contributed by atoms with Gasteiger partial charge in [0.1, 0.15) is 61.0 Å². The first kappa shape index (κ1) is 63.0. The van der Waals surface area contributed by atoms with Crippen molar-refractivity contribution in [2.24, 2.45) is 50.2 Å². The van der Waals surface area contributed by atoms with Gasteiger partial charge < -0.3 is 94.1 Å². The zero-order valence-electron chi connectivity index (χ0n) is 48.0. The minimum atomic E-state index is -2.06. The molecular weight excluding hydrogens is 1050 g/mol. The first-order valence-corrected chi connectivity index (χ1v) is 28.5. The highest BCUT2D eigenvalue weighted by Gasteiger charge is 2.74. The second-order valence-corrected chi connectivity index (χ2v) is 26.4. The van der Waals surface area contributed by atoms with Gasteiger partial charge in [0.25, 0.3) is 0 Å². The van der Waals surface area contributed by atoms with Crippen LogP contribution in [-0.4, -0.2) is 204 Å². The quantitative estimate of drug-likeness (QED) is 0.0670.